The first-order chi connectivity index (χ1) is 16.7. The Labute approximate surface area is 234 Å². The van der Waals surface area contributed by atoms with E-state index in [1.54, 1.807) is 0 Å². The highest BCUT2D eigenvalue weighted by atomic mass is 127. The lowest BCUT2D eigenvalue weighted by molar-refractivity contribution is -0.149. The third-order valence-electron chi connectivity index (χ3n) is 7.68. The van der Waals surface area contributed by atoms with Gasteiger partial charge in [0, 0.05) is 10.8 Å². The first-order valence-corrected chi connectivity index (χ1v) is 18.8. The minimum Gasteiger partial charge on any atom is -0.459 e. The van der Waals surface area contributed by atoms with Gasteiger partial charge >= 0.3 is 5.97 Å². The Hall–Kier alpha value is 0.377. The van der Waals surface area contributed by atoms with Crippen LogP contribution in [0.3, 0.4) is 0 Å². The van der Waals surface area contributed by atoms with Crippen LogP contribution in [-0.4, -0.2) is 31.4 Å². The fraction of sp³-hybridized carbons (Fsp3) is 0.967. The van der Waals surface area contributed by atoms with E-state index < -0.39 is 8.32 Å². The highest BCUT2D eigenvalue weighted by molar-refractivity contribution is 14.1. The van der Waals surface area contributed by atoms with Crippen LogP contribution >= 0.6 is 22.6 Å². The molecule has 0 aliphatic rings. The Kier molecular flexibility index (Phi) is 22.6. The number of hydrogen-bond acceptors (Lipinski definition) is 3. The zero-order valence-electron chi connectivity index (χ0n) is 24.6. The summed E-state index contributed by atoms with van der Waals surface area (Å²) in [6.07, 6.45) is 20.5. The van der Waals surface area contributed by atoms with Crippen LogP contribution in [0, 0.1) is 0 Å². The second-order valence-corrected chi connectivity index (χ2v) is 17.9. The summed E-state index contributed by atoms with van der Waals surface area (Å²) in [5.41, 5.74) is 1.65. The fourth-order valence-corrected chi connectivity index (χ4v) is 11.6. The van der Waals surface area contributed by atoms with Gasteiger partial charge in [-0.15, -0.1) is 0 Å². The van der Waals surface area contributed by atoms with Gasteiger partial charge in [-0.2, -0.15) is 0 Å². The standard InChI is InChI=1S/C30H61IO3Si/c1-8-9-10-11-12-13-14-15-16-17-18-19-20-21-22-23-30(32)34-29(24-31)25-33-35(26(2)3,27(4)5)28(6)7/h26-29H,8-25H2,1-7H3/t29-/m1/s1. The molecule has 0 aliphatic carbocycles. The van der Waals surface area contributed by atoms with E-state index in [1.165, 1.54) is 83.5 Å². The van der Waals surface area contributed by atoms with E-state index in [4.69, 9.17) is 9.16 Å². The first-order valence-electron chi connectivity index (χ1n) is 15.1. The van der Waals surface area contributed by atoms with Crippen molar-refractivity contribution in [3.63, 3.8) is 0 Å². The molecule has 0 spiro atoms. The van der Waals surface area contributed by atoms with Crippen molar-refractivity contribution in [3.05, 3.63) is 0 Å². The van der Waals surface area contributed by atoms with Crippen LogP contribution in [0.4, 0.5) is 0 Å². The van der Waals surface area contributed by atoms with Crippen LogP contribution in [0.5, 0.6) is 0 Å². The summed E-state index contributed by atoms with van der Waals surface area (Å²) in [6, 6.07) is 0. The lowest BCUT2D eigenvalue weighted by Gasteiger charge is -2.42. The number of carbonyl (C=O) groups is 1. The van der Waals surface area contributed by atoms with Crippen molar-refractivity contribution < 1.29 is 14.0 Å². The molecule has 0 aromatic carbocycles. The summed E-state index contributed by atoms with van der Waals surface area (Å²) in [6.45, 7) is 16.6. The topological polar surface area (TPSA) is 35.5 Å². The summed E-state index contributed by atoms with van der Waals surface area (Å²) in [7, 11) is -1.92. The van der Waals surface area contributed by atoms with Gasteiger partial charge in [-0.25, -0.2) is 0 Å². The number of carbonyl (C=O) groups excluding carboxylic acids is 1. The van der Waals surface area contributed by atoms with Gasteiger partial charge in [0.1, 0.15) is 6.10 Å². The smallest absolute Gasteiger partial charge is 0.306 e. The van der Waals surface area contributed by atoms with Gasteiger partial charge in [-0.05, 0) is 23.0 Å². The highest BCUT2D eigenvalue weighted by Gasteiger charge is 2.45. The van der Waals surface area contributed by atoms with E-state index in [-0.39, 0.29) is 12.1 Å². The second kappa shape index (κ2) is 22.4. The summed E-state index contributed by atoms with van der Waals surface area (Å²) in [4.78, 5) is 12.4. The minimum atomic E-state index is -1.92. The van der Waals surface area contributed by atoms with Crippen LogP contribution < -0.4 is 0 Å². The van der Waals surface area contributed by atoms with Crippen LogP contribution in [0.2, 0.25) is 16.6 Å². The number of unbranched alkanes of at least 4 members (excludes halogenated alkanes) is 14. The number of alkyl halides is 1. The van der Waals surface area contributed by atoms with Crippen molar-refractivity contribution in [2.24, 2.45) is 0 Å². The molecule has 0 rings (SSSR count). The number of rotatable bonds is 24. The zero-order valence-corrected chi connectivity index (χ0v) is 27.8. The molecule has 0 aliphatic heterocycles. The van der Waals surface area contributed by atoms with Crippen LogP contribution in [0.1, 0.15) is 151 Å². The van der Waals surface area contributed by atoms with Crippen molar-refractivity contribution in [1.29, 1.82) is 0 Å². The number of halogens is 1. The van der Waals surface area contributed by atoms with Crippen molar-refractivity contribution >= 4 is 36.9 Å². The molecule has 0 fully saturated rings. The molecule has 0 unspecified atom stereocenters. The average molecular weight is 625 g/mol. The van der Waals surface area contributed by atoms with Gasteiger partial charge in [-0.1, -0.05) is 161 Å². The van der Waals surface area contributed by atoms with Gasteiger partial charge in [0.05, 0.1) is 6.61 Å². The molecule has 1 atom stereocenters. The molecule has 0 saturated heterocycles. The Morgan fingerprint density at radius 3 is 1.37 bits per heavy atom. The van der Waals surface area contributed by atoms with Gasteiger partial charge in [-0.3, -0.25) is 4.79 Å². The summed E-state index contributed by atoms with van der Waals surface area (Å²) < 4.78 is 13.3. The van der Waals surface area contributed by atoms with Crippen LogP contribution in [0.25, 0.3) is 0 Å². The normalized spacial score (nSPS) is 13.2. The van der Waals surface area contributed by atoms with E-state index in [0.29, 0.717) is 29.7 Å². The van der Waals surface area contributed by atoms with Crippen molar-refractivity contribution in [2.45, 2.75) is 174 Å². The lowest BCUT2D eigenvalue weighted by atomic mass is 10.0. The van der Waals surface area contributed by atoms with E-state index in [0.717, 1.165) is 17.3 Å². The first kappa shape index (κ1) is 35.4. The van der Waals surface area contributed by atoms with E-state index in [9.17, 15) is 4.79 Å². The summed E-state index contributed by atoms with van der Waals surface area (Å²) >= 11 is 2.33. The minimum absolute atomic E-state index is 0.0455. The molecular weight excluding hydrogens is 563 g/mol. The molecule has 0 aromatic rings. The van der Waals surface area contributed by atoms with Gasteiger partial charge in [0.25, 0.3) is 0 Å². The predicted octanol–water partition coefficient (Wildman–Crippen LogP) is 10.8. The third kappa shape index (κ3) is 16.1. The molecule has 0 radical (unpaired) electrons. The third-order valence-corrected chi connectivity index (χ3v) is 14.7. The van der Waals surface area contributed by atoms with Crippen molar-refractivity contribution in [1.82, 2.24) is 0 Å². The lowest BCUT2D eigenvalue weighted by Crippen LogP contribution is -2.49. The maximum Gasteiger partial charge on any atom is 0.306 e. The van der Waals surface area contributed by atoms with Gasteiger partial charge in [0.2, 0.25) is 8.32 Å². The fourth-order valence-electron chi connectivity index (χ4n) is 5.73. The molecule has 210 valence electrons. The monoisotopic (exact) mass is 624 g/mol. The number of ether oxygens (including phenoxy) is 1. The van der Waals surface area contributed by atoms with E-state index in [2.05, 4.69) is 71.1 Å². The van der Waals surface area contributed by atoms with Crippen molar-refractivity contribution in [3.8, 4) is 0 Å². The largest absolute Gasteiger partial charge is 0.459 e. The van der Waals surface area contributed by atoms with Gasteiger partial charge < -0.3 is 9.16 Å². The summed E-state index contributed by atoms with van der Waals surface area (Å²) in [5, 5.41) is 0. The van der Waals surface area contributed by atoms with E-state index in [1.807, 2.05) is 0 Å². The van der Waals surface area contributed by atoms with Crippen LogP contribution in [-0.2, 0) is 14.0 Å². The predicted molar refractivity (Wildman–Crippen MR) is 165 cm³/mol. The molecular formula is C30H61IO3Si. The second-order valence-electron chi connectivity index (χ2n) is 11.6. The molecule has 0 saturated carbocycles. The molecule has 5 heteroatoms. The molecule has 0 amide bonds. The highest BCUT2D eigenvalue weighted by Crippen LogP contribution is 2.42. The van der Waals surface area contributed by atoms with E-state index >= 15 is 0 Å². The molecule has 3 nitrogen and oxygen atoms in total. The Bertz CT molecular complexity index is 474. The average Bonchev–Trinajstić information content (AvgIpc) is 2.80. The Morgan fingerprint density at radius 2 is 1.03 bits per heavy atom. The number of hydrogen-bond donors (Lipinski definition) is 0. The molecule has 0 aromatic heterocycles. The van der Waals surface area contributed by atoms with Gasteiger partial charge in [0.15, 0.2) is 0 Å². The van der Waals surface area contributed by atoms with Crippen molar-refractivity contribution in [2.75, 3.05) is 11.0 Å². The summed E-state index contributed by atoms with van der Waals surface area (Å²) in [5.74, 6) is -0.0455. The maximum absolute atomic E-state index is 12.4. The van der Waals surface area contributed by atoms with Crippen LogP contribution in [0.15, 0.2) is 0 Å². The SMILES string of the molecule is CCCCCCCCCCCCCCCCCC(=O)O[C@H](CI)CO[Si](C(C)C)(C(C)C)C(C)C. The molecule has 35 heavy (non-hydrogen) atoms. The number of esters is 1. The Balaban J connectivity index is 3.88. The quantitative estimate of drug-likeness (QED) is 0.0352. The zero-order chi connectivity index (χ0) is 26.5. The molecule has 0 heterocycles. The maximum atomic E-state index is 12.4. The Morgan fingerprint density at radius 1 is 0.657 bits per heavy atom. The molecule has 0 N–H and O–H groups in total. The molecule has 0 bridgehead atoms.